The van der Waals surface area contributed by atoms with Crippen LogP contribution in [0.1, 0.15) is 44.4 Å². The zero-order valence-electron chi connectivity index (χ0n) is 16.7. The van der Waals surface area contributed by atoms with Crippen LogP contribution >= 0.6 is 11.3 Å². The summed E-state index contributed by atoms with van der Waals surface area (Å²) in [4.78, 5) is 7.91. The third-order valence-corrected chi connectivity index (χ3v) is 9.62. The summed E-state index contributed by atoms with van der Waals surface area (Å²) in [5.74, 6) is 0.978. The number of rotatable bonds is 7. The number of sulfonamides is 1. The van der Waals surface area contributed by atoms with Crippen LogP contribution in [-0.2, 0) is 16.4 Å². The van der Waals surface area contributed by atoms with E-state index in [9.17, 15) is 8.42 Å². The molecule has 0 atom stereocenters. The van der Waals surface area contributed by atoms with Crippen molar-refractivity contribution in [3.8, 4) is 0 Å². The standard InChI is InChI=1S/C19H32N4O2S2/c1-4-23(5-2)27(24,25)17-8-7-16(26-17)9-13-21-18(20-3)22-14-12-19(15-22)10-6-11-19/h7-8H,4-6,9-15H2,1-3H3,(H,20,21). The van der Waals surface area contributed by atoms with E-state index in [0.717, 1.165) is 36.9 Å². The second-order valence-electron chi connectivity index (χ2n) is 7.56. The normalized spacial score (nSPS) is 19.7. The Morgan fingerprint density at radius 2 is 2.04 bits per heavy atom. The Labute approximate surface area is 167 Å². The van der Waals surface area contributed by atoms with E-state index >= 15 is 0 Å². The Kier molecular flexibility index (Phi) is 6.48. The molecule has 8 heteroatoms. The molecule has 1 spiro atoms. The first-order valence-electron chi connectivity index (χ1n) is 9.98. The fraction of sp³-hybridized carbons (Fsp3) is 0.737. The van der Waals surface area contributed by atoms with Gasteiger partial charge in [-0.2, -0.15) is 4.31 Å². The van der Waals surface area contributed by atoms with Crippen molar-refractivity contribution >= 4 is 27.3 Å². The summed E-state index contributed by atoms with van der Waals surface area (Å²) in [5, 5.41) is 3.46. The lowest BCUT2D eigenvalue weighted by molar-refractivity contribution is 0.151. The number of nitrogens with one attached hydrogen (secondary N) is 1. The highest BCUT2D eigenvalue weighted by Gasteiger charge is 2.43. The van der Waals surface area contributed by atoms with Gasteiger partial charge in [0.05, 0.1) is 0 Å². The minimum Gasteiger partial charge on any atom is -0.356 e. The molecule has 2 aliphatic rings. The maximum atomic E-state index is 12.6. The lowest BCUT2D eigenvalue weighted by Crippen LogP contribution is -2.43. The number of likely N-dealkylation sites (tertiary alicyclic amines) is 1. The van der Waals surface area contributed by atoms with E-state index in [1.807, 2.05) is 27.0 Å². The lowest BCUT2D eigenvalue weighted by atomic mass is 9.68. The molecule has 1 aliphatic heterocycles. The molecule has 1 aromatic rings. The molecule has 152 valence electrons. The molecule has 0 radical (unpaired) electrons. The SMILES string of the molecule is CCN(CC)S(=O)(=O)c1ccc(CCNC(=NC)N2CCC3(CCC3)C2)s1. The minimum atomic E-state index is -3.35. The summed E-state index contributed by atoms with van der Waals surface area (Å²) in [6, 6.07) is 3.67. The van der Waals surface area contributed by atoms with Crippen molar-refractivity contribution in [3.63, 3.8) is 0 Å². The first-order valence-corrected chi connectivity index (χ1v) is 12.2. The molecule has 6 nitrogen and oxygen atoms in total. The first-order chi connectivity index (χ1) is 12.9. The number of nitrogens with zero attached hydrogens (tertiary/aromatic N) is 3. The average molecular weight is 413 g/mol. The summed E-state index contributed by atoms with van der Waals surface area (Å²) in [6.07, 6.45) is 6.18. The van der Waals surface area contributed by atoms with E-state index in [2.05, 4.69) is 15.2 Å². The Balaban J connectivity index is 1.53. The Morgan fingerprint density at radius 3 is 2.59 bits per heavy atom. The monoisotopic (exact) mass is 412 g/mol. The van der Waals surface area contributed by atoms with Crippen molar-refractivity contribution in [3.05, 3.63) is 17.0 Å². The van der Waals surface area contributed by atoms with Crippen molar-refractivity contribution < 1.29 is 8.42 Å². The van der Waals surface area contributed by atoms with Crippen LogP contribution in [0.5, 0.6) is 0 Å². The van der Waals surface area contributed by atoms with Gasteiger partial charge in [-0.1, -0.05) is 20.3 Å². The highest BCUT2D eigenvalue weighted by Crippen LogP contribution is 2.47. The van der Waals surface area contributed by atoms with Crippen molar-refractivity contribution in [2.24, 2.45) is 10.4 Å². The van der Waals surface area contributed by atoms with Crippen LogP contribution in [-0.4, -0.2) is 63.4 Å². The molecule has 0 aromatic carbocycles. The van der Waals surface area contributed by atoms with E-state index < -0.39 is 10.0 Å². The molecular formula is C19H32N4O2S2. The smallest absolute Gasteiger partial charge is 0.252 e. The predicted octanol–water partition coefficient (Wildman–Crippen LogP) is 2.77. The van der Waals surface area contributed by atoms with Crippen LogP contribution in [0.25, 0.3) is 0 Å². The van der Waals surface area contributed by atoms with E-state index in [-0.39, 0.29) is 0 Å². The predicted molar refractivity (Wildman–Crippen MR) is 112 cm³/mol. The van der Waals surface area contributed by atoms with E-state index in [0.29, 0.717) is 22.7 Å². The second kappa shape index (κ2) is 8.49. The van der Waals surface area contributed by atoms with Gasteiger partial charge in [-0.3, -0.25) is 4.99 Å². The van der Waals surface area contributed by atoms with Gasteiger partial charge < -0.3 is 10.2 Å². The van der Waals surface area contributed by atoms with Gasteiger partial charge in [-0.05, 0) is 43.2 Å². The number of aliphatic imine (C=N–C) groups is 1. The summed E-state index contributed by atoms with van der Waals surface area (Å²) in [7, 11) is -1.51. The van der Waals surface area contributed by atoms with Crippen molar-refractivity contribution in [2.45, 2.75) is 50.2 Å². The number of thiophene rings is 1. The number of guanidine groups is 1. The molecule has 0 amide bonds. The number of hydrogen-bond donors (Lipinski definition) is 1. The molecule has 2 heterocycles. The second-order valence-corrected chi connectivity index (χ2v) is 10.9. The van der Waals surface area contributed by atoms with E-state index in [1.54, 1.807) is 6.07 Å². The van der Waals surface area contributed by atoms with Crippen molar-refractivity contribution in [1.29, 1.82) is 0 Å². The van der Waals surface area contributed by atoms with Crippen LogP contribution in [0.15, 0.2) is 21.3 Å². The molecule has 27 heavy (non-hydrogen) atoms. The van der Waals surface area contributed by atoms with Gasteiger partial charge >= 0.3 is 0 Å². The van der Waals surface area contributed by atoms with Crippen LogP contribution in [0.2, 0.25) is 0 Å². The highest BCUT2D eigenvalue weighted by atomic mass is 32.2. The van der Waals surface area contributed by atoms with Gasteiger partial charge in [0.25, 0.3) is 10.0 Å². The molecule has 1 N–H and O–H groups in total. The fourth-order valence-corrected chi connectivity index (χ4v) is 7.12. The van der Waals surface area contributed by atoms with Gasteiger partial charge in [-0.25, -0.2) is 8.42 Å². The van der Waals surface area contributed by atoms with Crippen LogP contribution in [0, 0.1) is 5.41 Å². The van der Waals surface area contributed by atoms with Crippen molar-refractivity contribution in [2.75, 3.05) is 39.8 Å². The Morgan fingerprint density at radius 1 is 1.30 bits per heavy atom. The maximum Gasteiger partial charge on any atom is 0.252 e. The summed E-state index contributed by atoms with van der Waals surface area (Å²) < 4.78 is 27.1. The molecule has 0 unspecified atom stereocenters. The van der Waals surface area contributed by atoms with Crippen LogP contribution in [0.4, 0.5) is 0 Å². The van der Waals surface area contributed by atoms with Gasteiger partial charge in [0.15, 0.2) is 5.96 Å². The third kappa shape index (κ3) is 4.32. The summed E-state index contributed by atoms with van der Waals surface area (Å²) in [6.45, 7) is 7.72. The third-order valence-electron chi connectivity index (χ3n) is 5.95. The summed E-state index contributed by atoms with van der Waals surface area (Å²) in [5.41, 5.74) is 0.555. The van der Waals surface area contributed by atoms with Crippen LogP contribution < -0.4 is 5.32 Å². The zero-order chi connectivity index (χ0) is 19.5. The molecule has 2 fully saturated rings. The lowest BCUT2D eigenvalue weighted by Gasteiger charge is -2.38. The van der Waals surface area contributed by atoms with E-state index in [1.165, 1.54) is 41.3 Å². The maximum absolute atomic E-state index is 12.6. The minimum absolute atomic E-state index is 0.442. The fourth-order valence-electron chi connectivity index (χ4n) is 4.15. The molecule has 1 aliphatic carbocycles. The van der Waals surface area contributed by atoms with Gasteiger partial charge in [-0.15, -0.1) is 11.3 Å². The van der Waals surface area contributed by atoms with Gasteiger partial charge in [0, 0.05) is 44.6 Å². The largest absolute Gasteiger partial charge is 0.356 e. The highest BCUT2D eigenvalue weighted by molar-refractivity contribution is 7.91. The molecule has 1 aromatic heterocycles. The molecule has 1 saturated heterocycles. The summed E-state index contributed by atoms with van der Waals surface area (Å²) >= 11 is 1.38. The first kappa shape index (κ1) is 20.6. The van der Waals surface area contributed by atoms with Gasteiger partial charge in [0.2, 0.25) is 0 Å². The molecule has 1 saturated carbocycles. The molecule has 3 rings (SSSR count). The Bertz CT molecular complexity index is 764. The average Bonchev–Trinajstić information content (AvgIpc) is 3.27. The molecular weight excluding hydrogens is 380 g/mol. The van der Waals surface area contributed by atoms with Crippen LogP contribution in [0.3, 0.4) is 0 Å². The molecule has 0 bridgehead atoms. The quantitative estimate of drug-likeness (QED) is 0.552. The number of hydrogen-bond acceptors (Lipinski definition) is 4. The Hall–Kier alpha value is -1.12. The zero-order valence-corrected chi connectivity index (χ0v) is 18.3. The topological polar surface area (TPSA) is 65.0 Å². The van der Waals surface area contributed by atoms with E-state index in [4.69, 9.17) is 0 Å². The van der Waals surface area contributed by atoms with Gasteiger partial charge in [0.1, 0.15) is 4.21 Å². The van der Waals surface area contributed by atoms with Crippen molar-refractivity contribution in [1.82, 2.24) is 14.5 Å².